The zero-order chi connectivity index (χ0) is 19.5. The lowest BCUT2D eigenvalue weighted by molar-refractivity contribution is -0.113. The Morgan fingerprint density at radius 2 is 1.70 bits per heavy atom. The van der Waals surface area contributed by atoms with Gasteiger partial charge in [0.1, 0.15) is 5.82 Å². The van der Waals surface area contributed by atoms with E-state index in [2.05, 4.69) is 17.6 Å². The monoisotopic (exact) mass is 388 g/mol. The molecule has 144 valence electrons. The van der Waals surface area contributed by atoms with Crippen LogP contribution in [0.3, 0.4) is 0 Å². The van der Waals surface area contributed by atoms with Crippen molar-refractivity contribution in [1.29, 1.82) is 0 Å². The van der Waals surface area contributed by atoms with Crippen LogP contribution in [0.5, 0.6) is 0 Å². The third-order valence-corrected chi connectivity index (χ3v) is 4.92. The number of unbranched alkanes of at least 4 members (excludes halogenated alkanes) is 2. The number of halogens is 1. The number of carbonyl (C=O) groups excluding carboxylic acids is 2. The Morgan fingerprint density at radius 3 is 2.37 bits per heavy atom. The highest BCUT2D eigenvalue weighted by molar-refractivity contribution is 7.99. The van der Waals surface area contributed by atoms with E-state index in [0.29, 0.717) is 29.3 Å². The van der Waals surface area contributed by atoms with E-state index in [1.54, 1.807) is 0 Å². The second kappa shape index (κ2) is 11.4. The van der Waals surface area contributed by atoms with E-state index in [-0.39, 0.29) is 17.6 Å². The lowest BCUT2D eigenvalue weighted by Crippen LogP contribution is -2.24. The number of rotatable bonds is 10. The van der Waals surface area contributed by atoms with E-state index in [1.165, 1.54) is 36.0 Å². The van der Waals surface area contributed by atoms with Crippen LogP contribution in [0.4, 0.5) is 10.1 Å². The van der Waals surface area contributed by atoms with Crippen LogP contribution < -0.4 is 10.6 Å². The van der Waals surface area contributed by atoms with Gasteiger partial charge in [-0.3, -0.25) is 9.59 Å². The van der Waals surface area contributed by atoms with Crippen molar-refractivity contribution in [2.45, 2.75) is 31.9 Å². The van der Waals surface area contributed by atoms with Gasteiger partial charge in [0.05, 0.1) is 5.75 Å². The molecule has 27 heavy (non-hydrogen) atoms. The second-order valence-corrected chi connectivity index (χ2v) is 7.19. The molecule has 2 amide bonds. The Hall–Kier alpha value is -2.34. The molecule has 0 saturated carbocycles. The van der Waals surface area contributed by atoms with Crippen molar-refractivity contribution in [1.82, 2.24) is 5.32 Å². The third-order valence-electron chi connectivity index (χ3n) is 3.91. The van der Waals surface area contributed by atoms with E-state index in [0.717, 1.165) is 24.8 Å². The number of benzene rings is 2. The Morgan fingerprint density at radius 1 is 1.00 bits per heavy atom. The number of amides is 2. The standard InChI is InChI=1S/C21H25FN2O2S/c1-2-3-4-13-23-21(26)17-7-5-16(6-8-17)14-27-15-20(25)24-19-11-9-18(22)10-12-19/h5-12H,2-4,13-15H2,1H3,(H,23,26)(H,24,25). The summed E-state index contributed by atoms with van der Waals surface area (Å²) in [6.45, 7) is 2.83. The molecule has 0 atom stereocenters. The average Bonchev–Trinajstić information content (AvgIpc) is 2.67. The summed E-state index contributed by atoms with van der Waals surface area (Å²) in [6.07, 6.45) is 3.24. The zero-order valence-electron chi connectivity index (χ0n) is 15.5. The molecule has 0 unspecified atom stereocenters. The van der Waals surface area contributed by atoms with Crippen LogP contribution in [-0.4, -0.2) is 24.1 Å². The SMILES string of the molecule is CCCCCNC(=O)c1ccc(CSCC(=O)Nc2ccc(F)cc2)cc1. The molecule has 2 aromatic carbocycles. The van der Waals surface area contributed by atoms with Gasteiger partial charge in [0.2, 0.25) is 5.91 Å². The Kier molecular flexibility index (Phi) is 8.84. The number of hydrogen-bond acceptors (Lipinski definition) is 3. The number of carbonyl (C=O) groups is 2. The average molecular weight is 389 g/mol. The molecule has 2 aromatic rings. The van der Waals surface area contributed by atoms with Crippen molar-refractivity contribution in [3.05, 3.63) is 65.5 Å². The summed E-state index contributed by atoms with van der Waals surface area (Å²) >= 11 is 1.48. The van der Waals surface area contributed by atoms with Gasteiger partial charge in [-0.15, -0.1) is 11.8 Å². The molecule has 0 heterocycles. The first-order valence-corrected chi connectivity index (χ1v) is 10.2. The predicted octanol–water partition coefficient (Wildman–Crippen LogP) is 4.62. The van der Waals surface area contributed by atoms with Crippen molar-refractivity contribution >= 4 is 29.3 Å². The fourth-order valence-corrected chi connectivity index (χ4v) is 3.21. The van der Waals surface area contributed by atoms with Crippen LogP contribution in [0.25, 0.3) is 0 Å². The van der Waals surface area contributed by atoms with Crippen LogP contribution in [0.15, 0.2) is 48.5 Å². The predicted molar refractivity (Wildman–Crippen MR) is 109 cm³/mol. The van der Waals surface area contributed by atoms with Crippen LogP contribution in [0.2, 0.25) is 0 Å². The molecule has 4 nitrogen and oxygen atoms in total. The molecule has 0 bridgehead atoms. The maximum Gasteiger partial charge on any atom is 0.251 e. The first-order valence-electron chi connectivity index (χ1n) is 9.09. The van der Waals surface area contributed by atoms with Gasteiger partial charge in [-0.2, -0.15) is 0 Å². The summed E-state index contributed by atoms with van der Waals surface area (Å²) in [5, 5.41) is 5.65. The Balaban J connectivity index is 1.70. The molecule has 0 spiro atoms. The normalized spacial score (nSPS) is 10.4. The van der Waals surface area contributed by atoms with Gasteiger partial charge in [0, 0.05) is 23.5 Å². The van der Waals surface area contributed by atoms with Crippen molar-refractivity contribution in [2.75, 3.05) is 17.6 Å². The molecule has 0 radical (unpaired) electrons. The molecule has 2 N–H and O–H groups in total. The molecular weight excluding hydrogens is 363 g/mol. The van der Waals surface area contributed by atoms with Gasteiger partial charge in [0.15, 0.2) is 0 Å². The lowest BCUT2D eigenvalue weighted by atomic mass is 10.1. The quantitative estimate of drug-likeness (QED) is 0.584. The van der Waals surface area contributed by atoms with Gasteiger partial charge in [-0.05, 0) is 48.4 Å². The summed E-state index contributed by atoms with van der Waals surface area (Å²) < 4.78 is 12.8. The Labute approximate surface area is 163 Å². The number of nitrogens with one attached hydrogen (secondary N) is 2. The molecule has 0 fully saturated rings. The van der Waals surface area contributed by atoms with Gasteiger partial charge >= 0.3 is 0 Å². The third kappa shape index (κ3) is 7.83. The molecule has 0 aliphatic heterocycles. The summed E-state index contributed by atoms with van der Waals surface area (Å²) in [4.78, 5) is 23.9. The van der Waals surface area contributed by atoms with Gasteiger partial charge in [-0.1, -0.05) is 31.9 Å². The molecule has 0 aromatic heterocycles. The molecule has 6 heteroatoms. The summed E-state index contributed by atoms with van der Waals surface area (Å²) in [5.74, 6) is 0.464. The molecule has 2 rings (SSSR count). The largest absolute Gasteiger partial charge is 0.352 e. The second-order valence-electron chi connectivity index (χ2n) is 6.21. The number of anilines is 1. The molecule has 0 saturated heterocycles. The first kappa shape index (κ1) is 21.0. The van der Waals surface area contributed by atoms with Crippen LogP contribution in [-0.2, 0) is 10.5 Å². The smallest absolute Gasteiger partial charge is 0.251 e. The highest BCUT2D eigenvalue weighted by atomic mass is 32.2. The van der Waals surface area contributed by atoms with Gasteiger partial charge < -0.3 is 10.6 Å². The summed E-state index contributed by atoms with van der Waals surface area (Å²) in [5.41, 5.74) is 2.28. The van der Waals surface area contributed by atoms with Crippen molar-refractivity contribution in [3.8, 4) is 0 Å². The highest BCUT2D eigenvalue weighted by Crippen LogP contribution is 2.15. The number of hydrogen-bond donors (Lipinski definition) is 2. The lowest BCUT2D eigenvalue weighted by Gasteiger charge is -2.07. The fourth-order valence-electron chi connectivity index (χ4n) is 2.42. The Bertz CT molecular complexity index is 733. The zero-order valence-corrected chi connectivity index (χ0v) is 16.3. The molecule has 0 aliphatic rings. The maximum atomic E-state index is 12.8. The minimum Gasteiger partial charge on any atom is -0.352 e. The van der Waals surface area contributed by atoms with Crippen LogP contribution in [0, 0.1) is 5.82 Å². The van der Waals surface area contributed by atoms with Crippen LogP contribution >= 0.6 is 11.8 Å². The van der Waals surface area contributed by atoms with Crippen molar-refractivity contribution in [3.63, 3.8) is 0 Å². The van der Waals surface area contributed by atoms with Crippen molar-refractivity contribution in [2.24, 2.45) is 0 Å². The van der Waals surface area contributed by atoms with E-state index in [1.807, 2.05) is 24.3 Å². The van der Waals surface area contributed by atoms with E-state index in [4.69, 9.17) is 0 Å². The summed E-state index contributed by atoms with van der Waals surface area (Å²) in [6, 6.07) is 13.1. The fraction of sp³-hybridized carbons (Fsp3) is 0.333. The summed E-state index contributed by atoms with van der Waals surface area (Å²) in [7, 11) is 0. The van der Waals surface area contributed by atoms with Gasteiger partial charge in [0.25, 0.3) is 5.91 Å². The van der Waals surface area contributed by atoms with Gasteiger partial charge in [-0.25, -0.2) is 4.39 Å². The number of thioether (sulfide) groups is 1. The maximum absolute atomic E-state index is 12.8. The van der Waals surface area contributed by atoms with E-state index >= 15 is 0 Å². The van der Waals surface area contributed by atoms with Crippen molar-refractivity contribution < 1.29 is 14.0 Å². The minimum atomic E-state index is -0.333. The molecular formula is C21H25FN2O2S. The highest BCUT2D eigenvalue weighted by Gasteiger charge is 2.06. The van der Waals surface area contributed by atoms with Crippen LogP contribution in [0.1, 0.15) is 42.1 Å². The topological polar surface area (TPSA) is 58.2 Å². The van der Waals surface area contributed by atoms with E-state index in [9.17, 15) is 14.0 Å². The molecule has 0 aliphatic carbocycles. The first-order chi connectivity index (χ1) is 13.1. The minimum absolute atomic E-state index is 0.0519. The van der Waals surface area contributed by atoms with E-state index < -0.39 is 0 Å².